The molecule has 0 atom stereocenters. The third-order valence-electron chi connectivity index (χ3n) is 2.33. The van der Waals surface area contributed by atoms with Crippen LogP contribution in [-0.4, -0.2) is 26.9 Å². The maximum absolute atomic E-state index is 11.9. The van der Waals surface area contributed by atoms with E-state index in [2.05, 4.69) is 4.98 Å². The molecule has 2 rings (SSSR count). The molecule has 2 aromatic rings. The van der Waals surface area contributed by atoms with E-state index < -0.39 is 0 Å². The molecular formula is C11H14N2O2S2. The molecule has 17 heavy (non-hydrogen) atoms. The number of fused-ring (bicyclic) bond motifs is 1. The summed E-state index contributed by atoms with van der Waals surface area (Å²) >= 11 is 3.18. The molecule has 0 saturated heterocycles. The summed E-state index contributed by atoms with van der Waals surface area (Å²) in [6.45, 7) is 2.12. The van der Waals surface area contributed by atoms with Crippen LogP contribution in [0.5, 0.6) is 0 Å². The molecule has 2 heterocycles. The molecule has 1 N–H and O–H groups in total. The van der Waals surface area contributed by atoms with Crippen molar-refractivity contribution in [3.05, 3.63) is 33.2 Å². The van der Waals surface area contributed by atoms with Crippen LogP contribution < -0.4 is 5.56 Å². The summed E-state index contributed by atoms with van der Waals surface area (Å²) < 4.78 is 1.63. The van der Waals surface area contributed by atoms with Gasteiger partial charge >= 0.3 is 0 Å². The minimum absolute atomic E-state index is 0.00786. The van der Waals surface area contributed by atoms with Gasteiger partial charge in [-0.25, -0.2) is 4.98 Å². The lowest BCUT2D eigenvalue weighted by atomic mass is 10.4. The Morgan fingerprint density at radius 3 is 3.18 bits per heavy atom. The lowest BCUT2D eigenvalue weighted by Crippen LogP contribution is -2.14. The quantitative estimate of drug-likeness (QED) is 0.840. The normalized spacial score (nSPS) is 11.2. The van der Waals surface area contributed by atoms with Crippen molar-refractivity contribution in [2.45, 2.75) is 19.1 Å². The van der Waals surface area contributed by atoms with Crippen LogP contribution >= 0.6 is 23.1 Å². The second kappa shape index (κ2) is 5.66. The van der Waals surface area contributed by atoms with Crippen LogP contribution in [0.2, 0.25) is 0 Å². The van der Waals surface area contributed by atoms with E-state index in [0.29, 0.717) is 0 Å². The highest BCUT2D eigenvalue weighted by Gasteiger charge is 2.06. The second-order valence-corrected chi connectivity index (χ2v) is 5.65. The number of aromatic nitrogens is 2. The molecule has 2 aromatic heterocycles. The largest absolute Gasteiger partial charge is 0.396 e. The van der Waals surface area contributed by atoms with Gasteiger partial charge < -0.3 is 5.11 Å². The van der Waals surface area contributed by atoms with Crippen molar-refractivity contribution in [2.75, 3.05) is 12.4 Å². The maximum Gasteiger partial charge on any atom is 0.258 e. The first-order valence-electron chi connectivity index (χ1n) is 5.38. The van der Waals surface area contributed by atoms with Crippen molar-refractivity contribution in [2.24, 2.45) is 0 Å². The predicted octanol–water partition coefficient (Wildman–Crippen LogP) is 1.68. The van der Waals surface area contributed by atoms with Gasteiger partial charge in [0, 0.05) is 29.5 Å². The fraction of sp³-hybridized carbons (Fsp3) is 0.455. The zero-order valence-corrected chi connectivity index (χ0v) is 11.2. The van der Waals surface area contributed by atoms with Crippen molar-refractivity contribution in [1.82, 2.24) is 9.38 Å². The Balaban J connectivity index is 2.17. The van der Waals surface area contributed by atoms with Gasteiger partial charge in [-0.3, -0.25) is 9.20 Å². The average Bonchev–Trinajstić information content (AvgIpc) is 2.67. The Hall–Kier alpha value is -0.850. The molecule has 0 amide bonds. The standard InChI is InChI=1S/C11H14N2O2S2/c1-8-6-17-11-12-9(5-10(15)13(8)11)7-16-4-2-3-14/h5-6,14H,2-4,7H2,1H3. The number of hydrogen-bond acceptors (Lipinski definition) is 5. The Morgan fingerprint density at radius 1 is 1.59 bits per heavy atom. The maximum atomic E-state index is 11.9. The van der Waals surface area contributed by atoms with E-state index in [-0.39, 0.29) is 12.2 Å². The van der Waals surface area contributed by atoms with Crippen LogP contribution in [0, 0.1) is 6.92 Å². The van der Waals surface area contributed by atoms with Crippen LogP contribution in [0.25, 0.3) is 4.96 Å². The van der Waals surface area contributed by atoms with Crippen LogP contribution in [0.3, 0.4) is 0 Å². The van der Waals surface area contributed by atoms with E-state index in [1.54, 1.807) is 22.2 Å². The lowest BCUT2D eigenvalue weighted by Gasteiger charge is -2.01. The van der Waals surface area contributed by atoms with Crippen molar-refractivity contribution in [3.8, 4) is 0 Å². The van der Waals surface area contributed by atoms with E-state index in [4.69, 9.17) is 5.11 Å². The lowest BCUT2D eigenvalue weighted by molar-refractivity contribution is 0.296. The number of nitrogens with zero attached hydrogens (tertiary/aromatic N) is 2. The highest BCUT2D eigenvalue weighted by molar-refractivity contribution is 7.98. The van der Waals surface area contributed by atoms with E-state index in [9.17, 15) is 4.79 Å². The third-order valence-corrected chi connectivity index (χ3v) is 4.35. The van der Waals surface area contributed by atoms with Gasteiger partial charge in [0.25, 0.3) is 5.56 Å². The molecule has 0 aliphatic heterocycles. The van der Waals surface area contributed by atoms with E-state index >= 15 is 0 Å². The Labute approximate surface area is 107 Å². The van der Waals surface area contributed by atoms with E-state index in [1.807, 2.05) is 12.3 Å². The first-order chi connectivity index (χ1) is 8.22. The summed E-state index contributed by atoms with van der Waals surface area (Å²) in [5.74, 6) is 1.61. The van der Waals surface area contributed by atoms with Gasteiger partial charge in [0.15, 0.2) is 4.96 Å². The Bertz CT molecular complexity index is 562. The zero-order valence-electron chi connectivity index (χ0n) is 9.55. The second-order valence-electron chi connectivity index (χ2n) is 3.71. The summed E-state index contributed by atoms with van der Waals surface area (Å²) in [6, 6.07) is 1.60. The van der Waals surface area contributed by atoms with Gasteiger partial charge in [0.2, 0.25) is 0 Å². The summed E-state index contributed by atoms with van der Waals surface area (Å²) in [5.41, 5.74) is 1.74. The first kappa shape index (κ1) is 12.6. The van der Waals surface area contributed by atoms with Crippen LogP contribution in [0.1, 0.15) is 17.8 Å². The van der Waals surface area contributed by atoms with Gasteiger partial charge in [0.1, 0.15) is 0 Å². The average molecular weight is 270 g/mol. The zero-order chi connectivity index (χ0) is 12.3. The van der Waals surface area contributed by atoms with E-state index in [0.717, 1.165) is 34.3 Å². The van der Waals surface area contributed by atoms with Crippen molar-refractivity contribution < 1.29 is 5.11 Å². The predicted molar refractivity (Wildman–Crippen MR) is 71.9 cm³/mol. The molecule has 6 heteroatoms. The van der Waals surface area contributed by atoms with Crippen LogP contribution in [0.15, 0.2) is 16.2 Å². The topological polar surface area (TPSA) is 54.6 Å². The number of aliphatic hydroxyl groups excluding tert-OH is 1. The molecule has 0 bridgehead atoms. The molecule has 0 radical (unpaired) electrons. The number of hydrogen-bond donors (Lipinski definition) is 1. The molecule has 0 spiro atoms. The summed E-state index contributed by atoms with van der Waals surface area (Å²) in [7, 11) is 0. The molecule has 0 aliphatic rings. The monoisotopic (exact) mass is 270 g/mol. The Kier molecular flexibility index (Phi) is 4.20. The number of aryl methyl sites for hydroxylation is 1. The fourth-order valence-corrected chi connectivity index (χ4v) is 3.24. The highest BCUT2D eigenvalue weighted by atomic mass is 32.2. The molecule has 0 unspecified atom stereocenters. The molecule has 0 saturated carbocycles. The Morgan fingerprint density at radius 2 is 2.41 bits per heavy atom. The smallest absolute Gasteiger partial charge is 0.258 e. The summed E-state index contributed by atoms with van der Waals surface area (Å²) in [5, 5.41) is 10.6. The SMILES string of the molecule is Cc1csc2nc(CSCCCO)cc(=O)n12. The molecule has 0 aliphatic carbocycles. The highest BCUT2D eigenvalue weighted by Crippen LogP contribution is 2.14. The third kappa shape index (κ3) is 2.88. The van der Waals surface area contributed by atoms with Gasteiger partial charge in [-0.1, -0.05) is 0 Å². The summed E-state index contributed by atoms with van der Waals surface area (Å²) in [4.78, 5) is 17.1. The number of thiazole rings is 1. The van der Waals surface area contributed by atoms with Gasteiger partial charge in [0.05, 0.1) is 5.69 Å². The number of aliphatic hydroxyl groups is 1. The number of thioether (sulfide) groups is 1. The summed E-state index contributed by atoms with van der Waals surface area (Å²) in [6.07, 6.45) is 0.782. The van der Waals surface area contributed by atoms with Crippen LogP contribution in [0.4, 0.5) is 0 Å². The molecular weight excluding hydrogens is 256 g/mol. The van der Waals surface area contributed by atoms with E-state index in [1.165, 1.54) is 11.3 Å². The van der Waals surface area contributed by atoms with Gasteiger partial charge in [-0.05, 0) is 19.1 Å². The van der Waals surface area contributed by atoms with Crippen molar-refractivity contribution in [1.29, 1.82) is 0 Å². The molecule has 92 valence electrons. The first-order valence-corrected chi connectivity index (χ1v) is 7.41. The van der Waals surface area contributed by atoms with Gasteiger partial charge in [-0.2, -0.15) is 11.8 Å². The van der Waals surface area contributed by atoms with Crippen molar-refractivity contribution >= 4 is 28.1 Å². The van der Waals surface area contributed by atoms with Crippen LogP contribution in [-0.2, 0) is 5.75 Å². The number of rotatable bonds is 5. The fourth-order valence-electron chi connectivity index (χ4n) is 1.52. The molecule has 4 nitrogen and oxygen atoms in total. The minimum atomic E-state index is -0.00786. The van der Waals surface area contributed by atoms with Crippen molar-refractivity contribution in [3.63, 3.8) is 0 Å². The van der Waals surface area contributed by atoms with Gasteiger partial charge in [-0.15, -0.1) is 11.3 Å². The minimum Gasteiger partial charge on any atom is -0.396 e. The molecule has 0 fully saturated rings. The molecule has 0 aromatic carbocycles.